The van der Waals surface area contributed by atoms with Gasteiger partial charge in [0.25, 0.3) is 11.7 Å². The lowest BCUT2D eigenvalue weighted by molar-refractivity contribution is -0.146. The van der Waals surface area contributed by atoms with Crippen LogP contribution >= 0.6 is 0 Å². The number of phenols is 1. The highest BCUT2D eigenvalue weighted by molar-refractivity contribution is 5.62. The molecule has 1 aromatic heterocycles. The number of hydrogen-bond acceptors (Lipinski definition) is 4. The van der Waals surface area contributed by atoms with E-state index in [0.717, 1.165) is 12.1 Å². The van der Waals surface area contributed by atoms with Crippen molar-refractivity contribution in [3.05, 3.63) is 29.8 Å². The second-order valence-corrected chi connectivity index (χ2v) is 3.05. The van der Waals surface area contributed by atoms with E-state index in [9.17, 15) is 22.7 Å². The summed E-state index contributed by atoms with van der Waals surface area (Å²) in [5.74, 6) is -3.80. The van der Waals surface area contributed by atoms with Gasteiger partial charge in [-0.1, -0.05) is 11.2 Å². The summed E-state index contributed by atoms with van der Waals surface area (Å²) in [6.45, 7) is 0. The van der Waals surface area contributed by atoms with E-state index >= 15 is 0 Å². The van der Waals surface area contributed by atoms with E-state index in [1.807, 2.05) is 0 Å². The zero-order valence-electron chi connectivity index (χ0n) is 7.99. The van der Waals surface area contributed by atoms with Crippen LogP contribution in [0.1, 0.15) is 5.82 Å². The fourth-order valence-electron chi connectivity index (χ4n) is 1.16. The van der Waals surface area contributed by atoms with E-state index in [4.69, 9.17) is 0 Å². The van der Waals surface area contributed by atoms with Crippen molar-refractivity contribution in [3.8, 4) is 17.2 Å². The van der Waals surface area contributed by atoms with Crippen LogP contribution in [0.25, 0.3) is 11.5 Å². The van der Waals surface area contributed by atoms with Gasteiger partial charge in [0.2, 0.25) is 0 Å². The Morgan fingerprint density at radius 2 is 1.94 bits per heavy atom. The molecule has 0 saturated carbocycles. The summed E-state index contributed by atoms with van der Waals surface area (Å²) >= 11 is 0. The Labute approximate surface area is 91.5 Å². The molecule has 0 aliphatic heterocycles. The largest absolute Gasteiger partial charge is 0.507 e. The molecule has 17 heavy (non-hydrogen) atoms. The number of hydrogen-bond donors (Lipinski definition) is 1. The van der Waals surface area contributed by atoms with Gasteiger partial charge in [-0.25, -0.2) is 4.39 Å². The molecule has 0 saturated heterocycles. The molecule has 2 rings (SSSR count). The molecule has 0 atom stereocenters. The lowest BCUT2D eigenvalue weighted by atomic mass is 10.2. The first-order valence-electron chi connectivity index (χ1n) is 4.28. The van der Waals surface area contributed by atoms with Crippen molar-refractivity contribution < 1.29 is 27.2 Å². The molecule has 0 amide bonds. The van der Waals surface area contributed by atoms with E-state index in [1.54, 1.807) is 0 Å². The highest BCUT2D eigenvalue weighted by Gasteiger charge is 2.37. The minimum atomic E-state index is -4.79. The normalized spacial score (nSPS) is 11.8. The monoisotopic (exact) mass is 248 g/mol. The van der Waals surface area contributed by atoms with Gasteiger partial charge in [0.1, 0.15) is 17.1 Å². The molecule has 4 nitrogen and oxygen atoms in total. The van der Waals surface area contributed by atoms with Gasteiger partial charge >= 0.3 is 6.18 Å². The van der Waals surface area contributed by atoms with E-state index < -0.39 is 35.0 Å². The number of aromatic hydroxyl groups is 1. The topological polar surface area (TPSA) is 59.2 Å². The molecule has 2 aromatic rings. The zero-order valence-corrected chi connectivity index (χ0v) is 7.99. The van der Waals surface area contributed by atoms with E-state index in [-0.39, 0.29) is 0 Å². The molecule has 0 radical (unpaired) electrons. The fraction of sp³-hybridized carbons (Fsp3) is 0.111. The zero-order chi connectivity index (χ0) is 12.6. The van der Waals surface area contributed by atoms with Gasteiger partial charge in [0.05, 0.1) is 0 Å². The average molecular weight is 248 g/mol. The number of phenolic OH excluding ortho intramolecular Hbond substituents is 1. The van der Waals surface area contributed by atoms with Crippen molar-refractivity contribution in [2.45, 2.75) is 6.18 Å². The maximum Gasteiger partial charge on any atom is 0.455 e. The van der Waals surface area contributed by atoms with Crippen molar-refractivity contribution in [2.24, 2.45) is 0 Å². The Morgan fingerprint density at radius 3 is 2.47 bits per heavy atom. The van der Waals surface area contributed by atoms with Crippen LogP contribution in [0.15, 0.2) is 22.7 Å². The summed E-state index contributed by atoms with van der Waals surface area (Å²) in [6.07, 6.45) is -4.79. The van der Waals surface area contributed by atoms with Crippen LogP contribution in [-0.2, 0) is 6.18 Å². The minimum absolute atomic E-state index is 0.560. The third-order valence-corrected chi connectivity index (χ3v) is 1.89. The molecule has 8 heteroatoms. The van der Waals surface area contributed by atoms with Crippen molar-refractivity contribution in [2.75, 3.05) is 0 Å². The first-order chi connectivity index (χ1) is 7.89. The van der Waals surface area contributed by atoms with Gasteiger partial charge in [0.15, 0.2) is 0 Å². The third-order valence-electron chi connectivity index (χ3n) is 1.89. The van der Waals surface area contributed by atoms with Crippen LogP contribution in [0, 0.1) is 5.82 Å². The van der Waals surface area contributed by atoms with E-state index in [0.29, 0.717) is 0 Å². The molecular weight excluding hydrogens is 244 g/mol. The number of benzene rings is 1. The highest BCUT2D eigenvalue weighted by atomic mass is 19.4. The van der Waals surface area contributed by atoms with Crippen molar-refractivity contribution in [1.29, 1.82) is 0 Å². The van der Waals surface area contributed by atoms with Crippen LogP contribution in [0.3, 0.4) is 0 Å². The molecule has 0 aliphatic carbocycles. The number of rotatable bonds is 1. The van der Waals surface area contributed by atoms with Gasteiger partial charge in [-0.2, -0.15) is 18.2 Å². The summed E-state index contributed by atoms with van der Waals surface area (Å²) in [7, 11) is 0. The Balaban J connectivity index is 2.51. The Kier molecular flexibility index (Phi) is 2.49. The summed E-state index contributed by atoms with van der Waals surface area (Å²) in [5.41, 5.74) is -0.560. The van der Waals surface area contributed by atoms with E-state index in [2.05, 4.69) is 14.7 Å². The average Bonchev–Trinajstić information content (AvgIpc) is 2.65. The predicted molar refractivity (Wildman–Crippen MR) is 46.4 cm³/mol. The lowest BCUT2D eigenvalue weighted by Gasteiger charge is -2.00. The number of halogens is 4. The molecule has 90 valence electrons. The molecule has 0 bridgehead atoms. The first-order valence-corrected chi connectivity index (χ1v) is 4.28. The second kappa shape index (κ2) is 3.72. The van der Waals surface area contributed by atoms with Crippen LogP contribution in [0.5, 0.6) is 5.75 Å². The second-order valence-electron chi connectivity index (χ2n) is 3.05. The molecule has 0 aliphatic rings. The maximum absolute atomic E-state index is 13.3. The Hall–Kier alpha value is -2.12. The molecule has 1 aromatic carbocycles. The lowest BCUT2D eigenvalue weighted by Crippen LogP contribution is -2.07. The fourth-order valence-corrected chi connectivity index (χ4v) is 1.16. The molecule has 1 heterocycles. The number of alkyl halides is 3. The molecule has 0 spiro atoms. The molecule has 0 fully saturated rings. The van der Waals surface area contributed by atoms with Gasteiger partial charge in [-0.3, -0.25) is 0 Å². The number of nitrogens with zero attached hydrogens (tertiary/aromatic N) is 2. The van der Waals surface area contributed by atoms with Crippen molar-refractivity contribution >= 4 is 0 Å². The quantitative estimate of drug-likeness (QED) is 0.788. The van der Waals surface area contributed by atoms with E-state index in [1.165, 1.54) is 6.07 Å². The number of aromatic nitrogens is 2. The summed E-state index contributed by atoms with van der Waals surface area (Å²) in [6, 6.07) is 3.23. The van der Waals surface area contributed by atoms with Gasteiger partial charge < -0.3 is 9.63 Å². The van der Waals surface area contributed by atoms with Crippen LogP contribution < -0.4 is 0 Å². The van der Waals surface area contributed by atoms with Crippen LogP contribution in [0.2, 0.25) is 0 Å². The van der Waals surface area contributed by atoms with Crippen LogP contribution in [-0.4, -0.2) is 15.2 Å². The summed E-state index contributed by atoms with van der Waals surface area (Å²) < 4.78 is 54.1. The molecular formula is C9H4F4N2O2. The summed E-state index contributed by atoms with van der Waals surface area (Å²) in [5, 5.41) is 12.0. The standard InChI is InChI=1S/C9H4F4N2O2/c10-4-2-1-3-5(16)6(4)7-14-8(15-17-7)9(11,12)13/h1-3,16H. The molecule has 1 N–H and O–H groups in total. The maximum atomic E-state index is 13.3. The first kappa shape index (κ1) is 11.4. The van der Waals surface area contributed by atoms with Crippen molar-refractivity contribution in [1.82, 2.24) is 10.1 Å². The predicted octanol–water partition coefficient (Wildman–Crippen LogP) is 2.60. The summed E-state index contributed by atoms with van der Waals surface area (Å²) in [4.78, 5) is 2.97. The molecule has 0 unspecified atom stereocenters. The van der Waals surface area contributed by atoms with Crippen molar-refractivity contribution in [3.63, 3.8) is 0 Å². The van der Waals surface area contributed by atoms with Gasteiger partial charge in [-0.05, 0) is 12.1 Å². The SMILES string of the molecule is Oc1cccc(F)c1-c1nc(C(F)(F)F)no1. The minimum Gasteiger partial charge on any atom is -0.507 e. The smallest absolute Gasteiger partial charge is 0.455 e. The van der Waals surface area contributed by atoms with Gasteiger partial charge in [-0.15, -0.1) is 0 Å². The van der Waals surface area contributed by atoms with Gasteiger partial charge in [0, 0.05) is 0 Å². The Morgan fingerprint density at radius 1 is 1.24 bits per heavy atom. The van der Waals surface area contributed by atoms with Crippen LogP contribution in [0.4, 0.5) is 17.6 Å². The highest BCUT2D eigenvalue weighted by Crippen LogP contribution is 2.33. The third kappa shape index (κ3) is 2.05. The Bertz CT molecular complexity index is 530.